The average Bonchev–Trinajstić information content (AvgIpc) is 2.81. The van der Waals surface area contributed by atoms with Crippen molar-refractivity contribution in [3.8, 4) is 11.5 Å². The maximum Gasteiger partial charge on any atom is 0.232 e. The van der Waals surface area contributed by atoms with Crippen LogP contribution >= 0.6 is 11.6 Å². The Labute approximate surface area is 187 Å². The Bertz CT molecular complexity index is 1060. The molecule has 2 heterocycles. The van der Waals surface area contributed by atoms with E-state index in [1.165, 1.54) is 0 Å². The van der Waals surface area contributed by atoms with Gasteiger partial charge in [-0.2, -0.15) is 0 Å². The fraction of sp³-hybridized carbons (Fsp3) is 0.269. The molecular weight excluding hydrogens is 410 g/mol. The van der Waals surface area contributed by atoms with Crippen LogP contribution in [-0.2, 0) is 14.9 Å². The molecule has 0 atom stereocenters. The third-order valence-electron chi connectivity index (χ3n) is 6.43. The minimum atomic E-state index is -0.405. The van der Waals surface area contributed by atoms with Crippen molar-refractivity contribution in [2.75, 3.05) is 19.8 Å². The van der Waals surface area contributed by atoms with Crippen LogP contribution in [-0.4, -0.2) is 25.7 Å². The molecule has 1 amide bonds. The highest BCUT2D eigenvalue weighted by Gasteiger charge is 2.37. The maximum absolute atomic E-state index is 13.6. The first-order chi connectivity index (χ1) is 15.2. The van der Waals surface area contributed by atoms with E-state index in [2.05, 4.69) is 11.4 Å². The predicted octanol–water partition coefficient (Wildman–Crippen LogP) is 5.44. The molecule has 0 radical (unpaired) electrons. The molecule has 1 saturated heterocycles. The highest BCUT2D eigenvalue weighted by Crippen LogP contribution is 2.44. The van der Waals surface area contributed by atoms with Gasteiger partial charge in [-0.1, -0.05) is 60.1 Å². The second kappa shape index (κ2) is 8.37. The molecule has 1 N–H and O–H groups in total. The fourth-order valence-corrected chi connectivity index (χ4v) is 4.89. The summed E-state index contributed by atoms with van der Waals surface area (Å²) in [7, 11) is 0. The molecular formula is C26H24ClNO3. The normalized spacial score (nSPS) is 17.2. The first-order valence-corrected chi connectivity index (χ1v) is 11.0. The van der Waals surface area contributed by atoms with Crippen molar-refractivity contribution in [3.05, 3.63) is 94.5 Å². The minimum absolute atomic E-state index is 0.0175. The quantitative estimate of drug-likeness (QED) is 0.595. The molecule has 0 unspecified atom stereocenters. The summed E-state index contributed by atoms with van der Waals surface area (Å²) in [5.41, 5.74) is 2.74. The van der Waals surface area contributed by atoms with Crippen LogP contribution in [0.1, 0.15) is 35.4 Å². The smallest absolute Gasteiger partial charge is 0.232 e. The Morgan fingerprint density at radius 2 is 1.58 bits per heavy atom. The summed E-state index contributed by atoms with van der Waals surface area (Å²) in [5.74, 6) is 1.04. The van der Waals surface area contributed by atoms with Crippen molar-refractivity contribution in [2.45, 2.75) is 24.2 Å². The number of fused-ring (bicyclic) bond motifs is 2. The molecule has 0 bridgehead atoms. The Morgan fingerprint density at radius 1 is 0.935 bits per heavy atom. The molecule has 0 aliphatic carbocycles. The van der Waals surface area contributed by atoms with E-state index < -0.39 is 5.92 Å². The fourth-order valence-electron chi connectivity index (χ4n) is 4.70. The molecule has 2 aliphatic heterocycles. The third kappa shape index (κ3) is 3.82. The molecule has 1 fully saturated rings. The minimum Gasteiger partial charge on any atom is -0.457 e. The van der Waals surface area contributed by atoms with Gasteiger partial charge in [0.05, 0.1) is 5.92 Å². The van der Waals surface area contributed by atoms with Crippen molar-refractivity contribution >= 4 is 17.5 Å². The lowest BCUT2D eigenvalue weighted by atomic mass is 9.74. The Morgan fingerprint density at radius 3 is 2.23 bits per heavy atom. The summed E-state index contributed by atoms with van der Waals surface area (Å²) in [5, 5.41) is 3.98. The van der Waals surface area contributed by atoms with E-state index in [9.17, 15) is 4.79 Å². The summed E-state index contributed by atoms with van der Waals surface area (Å²) in [4.78, 5) is 13.6. The molecule has 0 saturated carbocycles. The zero-order valence-corrected chi connectivity index (χ0v) is 17.9. The van der Waals surface area contributed by atoms with E-state index in [0.29, 0.717) is 24.8 Å². The number of nitrogens with one attached hydrogen (secondary N) is 1. The van der Waals surface area contributed by atoms with Gasteiger partial charge in [-0.25, -0.2) is 0 Å². The molecule has 5 rings (SSSR count). The molecule has 5 heteroatoms. The molecule has 2 aliphatic rings. The summed E-state index contributed by atoms with van der Waals surface area (Å²) in [6.45, 7) is 1.88. The monoisotopic (exact) mass is 433 g/mol. The van der Waals surface area contributed by atoms with Gasteiger partial charge in [0, 0.05) is 41.3 Å². The van der Waals surface area contributed by atoms with Gasteiger partial charge in [0.15, 0.2) is 0 Å². The van der Waals surface area contributed by atoms with Crippen molar-refractivity contribution in [1.29, 1.82) is 0 Å². The molecule has 158 valence electrons. The van der Waals surface area contributed by atoms with Crippen LogP contribution in [0.5, 0.6) is 11.5 Å². The van der Waals surface area contributed by atoms with E-state index in [4.69, 9.17) is 21.1 Å². The SMILES string of the molecule is O=C(NCC1(c2cccc(Cl)c2)CCOCC1)C1c2ccccc2Oc2ccccc21. The van der Waals surface area contributed by atoms with Gasteiger partial charge in [0.1, 0.15) is 11.5 Å². The zero-order chi connectivity index (χ0) is 21.3. The zero-order valence-electron chi connectivity index (χ0n) is 17.1. The lowest BCUT2D eigenvalue weighted by molar-refractivity contribution is -0.122. The van der Waals surface area contributed by atoms with Gasteiger partial charge < -0.3 is 14.8 Å². The van der Waals surface area contributed by atoms with E-state index in [1.54, 1.807) is 0 Å². The number of carbonyl (C=O) groups is 1. The summed E-state index contributed by atoms with van der Waals surface area (Å²) in [6.07, 6.45) is 1.68. The molecule has 0 spiro atoms. The van der Waals surface area contributed by atoms with Crippen molar-refractivity contribution in [2.24, 2.45) is 0 Å². The Balaban J connectivity index is 1.45. The summed E-state index contributed by atoms with van der Waals surface area (Å²) in [6, 6.07) is 23.5. The molecule has 31 heavy (non-hydrogen) atoms. The number of halogens is 1. The highest BCUT2D eigenvalue weighted by atomic mass is 35.5. The number of para-hydroxylation sites is 2. The van der Waals surface area contributed by atoms with Gasteiger partial charge in [0.25, 0.3) is 0 Å². The van der Waals surface area contributed by atoms with Crippen LogP contribution in [0.15, 0.2) is 72.8 Å². The second-order valence-electron chi connectivity index (χ2n) is 8.23. The van der Waals surface area contributed by atoms with Gasteiger partial charge in [-0.3, -0.25) is 4.79 Å². The number of rotatable bonds is 4. The number of carbonyl (C=O) groups excluding carboxylic acids is 1. The number of hydrogen-bond donors (Lipinski definition) is 1. The summed E-state index contributed by atoms with van der Waals surface area (Å²) >= 11 is 6.29. The highest BCUT2D eigenvalue weighted by molar-refractivity contribution is 6.30. The van der Waals surface area contributed by atoms with Crippen LogP contribution in [0.25, 0.3) is 0 Å². The largest absolute Gasteiger partial charge is 0.457 e. The van der Waals surface area contributed by atoms with Gasteiger partial charge in [0.2, 0.25) is 5.91 Å². The third-order valence-corrected chi connectivity index (χ3v) is 6.67. The number of ether oxygens (including phenoxy) is 2. The summed E-state index contributed by atoms with van der Waals surface area (Å²) < 4.78 is 11.7. The van der Waals surface area contributed by atoms with E-state index in [-0.39, 0.29) is 11.3 Å². The molecule has 0 aromatic heterocycles. The first-order valence-electron chi connectivity index (χ1n) is 10.6. The van der Waals surface area contributed by atoms with Crippen LogP contribution in [0.4, 0.5) is 0 Å². The molecule has 3 aromatic rings. The predicted molar refractivity (Wildman–Crippen MR) is 121 cm³/mol. The number of hydrogen-bond acceptors (Lipinski definition) is 3. The lowest BCUT2D eigenvalue weighted by Crippen LogP contribution is -2.46. The van der Waals surface area contributed by atoms with Crippen LogP contribution < -0.4 is 10.1 Å². The van der Waals surface area contributed by atoms with Crippen molar-refractivity contribution in [1.82, 2.24) is 5.32 Å². The standard InChI is InChI=1S/C26H24ClNO3/c27-19-7-5-6-18(16-19)26(12-14-30-15-13-26)17-28-25(29)24-20-8-1-3-10-22(20)31-23-11-4-2-9-21(23)24/h1-11,16,24H,12-15,17H2,(H,28,29). The Hall–Kier alpha value is -2.82. The van der Waals surface area contributed by atoms with Gasteiger partial charge >= 0.3 is 0 Å². The Kier molecular flexibility index (Phi) is 5.43. The van der Waals surface area contributed by atoms with E-state index in [1.807, 2.05) is 66.7 Å². The van der Waals surface area contributed by atoms with Gasteiger partial charge in [-0.05, 0) is 42.7 Å². The van der Waals surface area contributed by atoms with Crippen LogP contribution in [0.3, 0.4) is 0 Å². The lowest BCUT2D eigenvalue weighted by Gasteiger charge is -2.38. The van der Waals surface area contributed by atoms with Crippen LogP contribution in [0, 0.1) is 0 Å². The van der Waals surface area contributed by atoms with Gasteiger partial charge in [-0.15, -0.1) is 0 Å². The second-order valence-corrected chi connectivity index (χ2v) is 8.67. The molecule has 3 aromatic carbocycles. The van der Waals surface area contributed by atoms with E-state index >= 15 is 0 Å². The first kappa shape index (κ1) is 20.1. The average molecular weight is 434 g/mol. The number of benzene rings is 3. The van der Waals surface area contributed by atoms with E-state index in [0.717, 1.165) is 41.0 Å². The van der Waals surface area contributed by atoms with Crippen LogP contribution in [0.2, 0.25) is 5.02 Å². The number of amides is 1. The van der Waals surface area contributed by atoms with Crippen molar-refractivity contribution < 1.29 is 14.3 Å². The molecule has 4 nitrogen and oxygen atoms in total. The topological polar surface area (TPSA) is 47.6 Å². The van der Waals surface area contributed by atoms with Crippen molar-refractivity contribution in [3.63, 3.8) is 0 Å². The maximum atomic E-state index is 13.6.